The molecule has 2 amide bonds. The van der Waals surface area contributed by atoms with Crippen molar-refractivity contribution in [2.24, 2.45) is 5.92 Å². The summed E-state index contributed by atoms with van der Waals surface area (Å²) in [6.45, 7) is 3.87. The maximum absolute atomic E-state index is 12.4. The topological polar surface area (TPSA) is 84.5 Å². The fourth-order valence-electron chi connectivity index (χ4n) is 2.33. The average molecular weight is 354 g/mol. The monoisotopic (exact) mass is 354 g/mol. The van der Waals surface area contributed by atoms with E-state index in [-0.39, 0.29) is 11.8 Å². The zero-order valence-electron chi connectivity index (χ0n) is 14.8. The molecule has 0 heterocycles. The second-order valence-electron chi connectivity index (χ2n) is 6.24. The summed E-state index contributed by atoms with van der Waals surface area (Å²) < 4.78 is 0. The molecule has 6 nitrogen and oxygen atoms in total. The van der Waals surface area contributed by atoms with Crippen LogP contribution in [0.2, 0.25) is 0 Å². The van der Waals surface area contributed by atoms with E-state index in [0.717, 1.165) is 0 Å². The number of hydrogen-bond acceptors (Lipinski definition) is 4. The van der Waals surface area contributed by atoms with E-state index in [1.54, 1.807) is 60.7 Å². The van der Waals surface area contributed by atoms with Crippen LogP contribution in [0.15, 0.2) is 60.7 Å². The SMILES string of the molecule is CC(C)CC(NC(=O)c1ccccc1)C(=O)NOC(=O)c1ccccc1. The molecule has 136 valence electrons. The van der Waals surface area contributed by atoms with Crippen LogP contribution in [0, 0.1) is 5.92 Å². The first-order valence-electron chi connectivity index (χ1n) is 8.39. The zero-order chi connectivity index (χ0) is 18.9. The van der Waals surface area contributed by atoms with E-state index >= 15 is 0 Å². The Bertz CT molecular complexity index is 745. The van der Waals surface area contributed by atoms with Gasteiger partial charge in [0.1, 0.15) is 6.04 Å². The Morgan fingerprint density at radius 3 is 1.96 bits per heavy atom. The minimum atomic E-state index is -0.814. The number of amides is 2. The third-order valence-corrected chi connectivity index (χ3v) is 3.62. The van der Waals surface area contributed by atoms with Crippen molar-refractivity contribution in [2.75, 3.05) is 0 Å². The van der Waals surface area contributed by atoms with E-state index < -0.39 is 17.9 Å². The molecule has 0 radical (unpaired) electrons. The van der Waals surface area contributed by atoms with Crippen LogP contribution in [0.4, 0.5) is 0 Å². The number of benzene rings is 2. The van der Waals surface area contributed by atoms with Crippen LogP contribution in [0.5, 0.6) is 0 Å². The lowest BCUT2D eigenvalue weighted by Crippen LogP contribution is -2.47. The van der Waals surface area contributed by atoms with Crippen molar-refractivity contribution in [1.29, 1.82) is 0 Å². The van der Waals surface area contributed by atoms with E-state index in [9.17, 15) is 14.4 Å². The van der Waals surface area contributed by atoms with Crippen LogP contribution in [-0.2, 0) is 9.63 Å². The maximum atomic E-state index is 12.4. The largest absolute Gasteiger partial charge is 0.362 e. The molecule has 2 N–H and O–H groups in total. The summed E-state index contributed by atoms with van der Waals surface area (Å²) in [6, 6.07) is 16.1. The molecule has 0 fully saturated rings. The summed E-state index contributed by atoms with van der Waals surface area (Å²) in [5.41, 5.74) is 2.91. The molecular formula is C20H22N2O4. The summed E-state index contributed by atoms with van der Waals surface area (Å²) in [4.78, 5) is 41.4. The predicted molar refractivity (Wildman–Crippen MR) is 97.2 cm³/mol. The van der Waals surface area contributed by atoms with Crippen LogP contribution in [0.3, 0.4) is 0 Å². The Labute approximate surface area is 152 Å². The summed E-state index contributed by atoms with van der Waals surface area (Å²) in [5.74, 6) is -1.45. The highest BCUT2D eigenvalue weighted by Gasteiger charge is 2.23. The molecule has 0 aliphatic carbocycles. The molecule has 2 aromatic rings. The molecule has 0 saturated heterocycles. The fraction of sp³-hybridized carbons (Fsp3) is 0.250. The lowest BCUT2D eigenvalue weighted by Gasteiger charge is -2.19. The average Bonchev–Trinajstić information content (AvgIpc) is 2.66. The number of hydroxylamine groups is 1. The van der Waals surface area contributed by atoms with Gasteiger partial charge in [0.15, 0.2) is 0 Å². The van der Waals surface area contributed by atoms with Gasteiger partial charge in [-0.05, 0) is 36.6 Å². The van der Waals surface area contributed by atoms with Crippen molar-refractivity contribution in [2.45, 2.75) is 26.3 Å². The van der Waals surface area contributed by atoms with Gasteiger partial charge in [-0.3, -0.25) is 9.59 Å². The lowest BCUT2D eigenvalue weighted by atomic mass is 10.0. The predicted octanol–water partition coefficient (Wildman–Crippen LogP) is 2.72. The second-order valence-corrected chi connectivity index (χ2v) is 6.24. The lowest BCUT2D eigenvalue weighted by molar-refractivity contribution is -0.132. The smallest absolute Gasteiger partial charge is 0.340 e. The van der Waals surface area contributed by atoms with Crippen LogP contribution >= 0.6 is 0 Å². The first-order chi connectivity index (χ1) is 12.5. The molecule has 1 atom stereocenters. The van der Waals surface area contributed by atoms with Crippen LogP contribution in [0.25, 0.3) is 0 Å². The first kappa shape index (κ1) is 19.2. The standard InChI is InChI=1S/C20H22N2O4/c1-14(2)13-17(21-18(23)15-9-5-3-6-10-15)19(24)22-26-20(25)16-11-7-4-8-12-16/h3-12,14,17H,13H2,1-2H3,(H,21,23)(H,22,24). The van der Waals surface area contributed by atoms with Gasteiger partial charge in [-0.2, -0.15) is 5.48 Å². The third kappa shape index (κ3) is 5.73. The van der Waals surface area contributed by atoms with Gasteiger partial charge >= 0.3 is 5.97 Å². The highest BCUT2D eigenvalue weighted by molar-refractivity contribution is 5.97. The second kappa shape index (κ2) is 9.36. The maximum Gasteiger partial charge on any atom is 0.362 e. The van der Waals surface area contributed by atoms with Crippen LogP contribution in [-0.4, -0.2) is 23.8 Å². The number of nitrogens with one attached hydrogen (secondary N) is 2. The molecule has 26 heavy (non-hydrogen) atoms. The van der Waals surface area contributed by atoms with E-state index in [1.807, 2.05) is 13.8 Å². The normalized spacial score (nSPS) is 11.5. The fourth-order valence-corrected chi connectivity index (χ4v) is 2.33. The Morgan fingerprint density at radius 1 is 0.885 bits per heavy atom. The molecule has 0 aliphatic rings. The Hall–Kier alpha value is -3.15. The van der Waals surface area contributed by atoms with Gasteiger partial charge in [-0.1, -0.05) is 50.2 Å². The van der Waals surface area contributed by atoms with E-state index in [0.29, 0.717) is 17.5 Å². The van der Waals surface area contributed by atoms with Crippen molar-refractivity contribution in [3.63, 3.8) is 0 Å². The van der Waals surface area contributed by atoms with E-state index in [1.165, 1.54) is 0 Å². The van der Waals surface area contributed by atoms with E-state index in [2.05, 4.69) is 10.8 Å². The molecule has 0 aliphatic heterocycles. The van der Waals surface area contributed by atoms with Crippen LogP contribution < -0.4 is 10.8 Å². The van der Waals surface area contributed by atoms with Gasteiger partial charge in [-0.25, -0.2) is 4.79 Å². The molecule has 1 unspecified atom stereocenters. The summed E-state index contributed by atoms with van der Waals surface area (Å²) in [7, 11) is 0. The quantitative estimate of drug-likeness (QED) is 0.781. The third-order valence-electron chi connectivity index (χ3n) is 3.62. The molecule has 6 heteroatoms. The van der Waals surface area contributed by atoms with Crippen molar-refractivity contribution in [1.82, 2.24) is 10.8 Å². The summed E-state index contributed by atoms with van der Waals surface area (Å²) in [6.07, 6.45) is 0.410. The molecular weight excluding hydrogens is 332 g/mol. The van der Waals surface area contributed by atoms with Crippen molar-refractivity contribution in [3.05, 3.63) is 71.8 Å². The highest BCUT2D eigenvalue weighted by Crippen LogP contribution is 2.08. The van der Waals surface area contributed by atoms with Gasteiger partial charge in [0, 0.05) is 5.56 Å². The van der Waals surface area contributed by atoms with E-state index in [4.69, 9.17) is 4.84 Å². The molecule has 0 aromatic heterocycles. The van der Waals surface area contributed by atoms with Crippen molar-refractivity contribution >= 4 is 17.8 Å². The Morgan fingerprint density at radius 2 is 1.42 bits per heavy atom. The number of hydrogen-bond donors (Lipinski definition) is 2. The summed E-state index contributed by atoms with van der Waals surface area (Å²) in [5, 5.41) is 2.69. The van der Waals surface area contributed by atoms with Gasteiger partial charge in [0.05, 0.1) is 5.56 Å². The highest BCUT2D eigenvalue weighted by atomic mass is 16.7. The Kier molecular flexibility index (Phi) is 6.91. The molecule has 2 rings (SSSR count). The number of rotatable bonds is 6. The number of carbonyl (C=O) groups is 3. The van der Waals surface area contributed by atoms with Crippen molar-refractivity contribution < 1.29 is 19.2 Å². The molecule has 0 spiro atoms. The van der Waals surface area contributed by atoms with Gasteiger partial charge in [-0.15, -0.1) is 0 Å². The molecule has 2 aromatic carbocycles. The van der Waals surface area contributed by atoms with Crippen LogP contribution in [0.1, 0.15) is 41.0 Å². The minimum Gasteiger partial charge on any atom is -0.340 e. The Balaban J connectivity index is 1.98. The van der Waals surface area contributed by atoms with Gasteiger partial charge in [0.25, 0.3) is 11.8 Å². The van der Waals surface area contributed by atoms with Gasteiger partial charge < -0.3 is 10.2 Å². The van der Waals surface area contributed by atoms with Crippen molar-refractivity contribution in [3.8, 4) is 0 Å². The number of carbonyl (C=O) groups excluding carboxylic acids is 3. The molecule has 0 bridgehead atoms. The van der Waals surface area contributed by atoms with Gasteiger partial charge in [0.2, 0.25) is 0 Å². The molecule has 0 saturated carbocycles. The first-order valence-corrected chi connectivity index (χ1v) is 8.39. The summed E-state index contributed by atoms with van der Waals surface area (Å²) >= 11 is 0. The zero-order valence-corrected chi connectivity index (χ0v) is 14.8. The minimum absolute atomic E-state index is 0.159.